The SMILES string of the molecule is O=S(=O)(c1ccc(CO)cc1)C1CC1. The van der Waals surface area contributed by atoms with E-state index in [1.807, 2.05) is 0 Å². The topological polar surface area (TPSA) is 54.4 Å². The van der Waals surface area contributed by atoms with E-state index in [0.717, 1.165) is 18.4 Å². The Hall–Kier alpha value is -0.870. The second-order valence-corrected chi connectivity index (χ2v) is 5.77. The van der Waals surface area contributed by atoms with E-state index in [4.69, 9.17) is 5.11 Å². The molecule has 1 N–H and O–H groups in total. The Labute approximate surface area is 83.3 Å². The third kappa shape index (κ3) is 1.67. The number of aliphatic hydroxyl groups is 1. The molecule has 1 saturated carbocycles. The molecule has 1 fully saturated rings. The van der Waals surface area contributed by atoms with Gasteiger partial charge in [0.25, 0.3) is 0 Å². The zero-order chi connectivity index (χ0) is 10.2. The van der Waals surface area contributed by atoms with Crippen molar-refractivity contribution in [2.45, 2.75) is 29.6 Å². The molecule has 2 rings (SSSR count). The average molecular weight is 212 g/mol. The quantitative estimate of drug-likeness (QED) is 0.816. The van der Waals surface area contributed by atoms with Crippen molar-refractivity contribution in [3.05, 3.63) is 29.8 Å². The molecule has 0 heterocycles. The van der Waals surface area contributed by atoms with Crippen molar-refractivity contribution in [2.24, 2.45) is 0 Å². The molecule has 76 valence electrons. The first-order valence-corrected chi connectivity index (χ1v) is 6.13. The van der Waals surface area contributed by atoms with Crippen LogP contribution in [0.5, 0.6) is 0 Å². The lowest BCUT2D eigenvalue weighted by Crippen LogP contribution is -2.06. The summed E-state index contributed by atoms with van der Waals surface area (Å²) in [5.41, 5.74) is 0.736. The molecule has 3 nitrogen and oxygen atoms in total. The first-order chi connectivity index (χ1) is 6.64. The Morgan fingerprint density at radius 2 is 1.79 bits per heavy atom. The highest BCUT2D eigenvalue weighted by atomic mass is 32.2. The van der Waals surface area contributed by atoms with E-state index in [1.54, 1.807) is 24.3 Å². The van der Waals surface area contributed by atoms with Gasteiger partial charge in [-0.05, 0) is 30.5 Å². The maximum Gasteiger partial charge on any atom is 0.181 e. The Morgan fingerprint density at radius 1 is 1.21 bits per heavy atom. The molecule has 0 bridgehead atoms. The predicted molar refractivity (Wildman–Crippen MR) is 52.6 cm³/mol. The van der Waals surface area contributed by atoms with Gasteiger partial charge < -0.3 is 5.11 Å². The van der Waals surface area contributed by atoms with Crippen LogP contribution in [0.1, 0.15) is 18.4 Å². The van der Waals surface area contributed by atoms with Crippen LogP contribution in [0.3, 0.4) is 0 Å². The standard InChI is InChI=1S/C10H12O3S/c11-7-8-1-3-9(4-2-8)14(12,13)10-5-6-10/h1-4,10-11H,5-7H2. The highest BCUT2D eigenvalue weighted by Gasteiger charge is 2.36. The number of hydrogen-bond acceptors (Lipinski definition) is 3. The number of aliphatic hydroxyl groups excluding tert-OH is 1. The van der Waals surface area contributed by atoms with Crippen LogP contribution in [0, 0.1) is 0 Å². The van der Waals surface area contributed by atoms with Crippen LogP contribution in [0.4, 0.5) is 0 Å². The molecule has 0 spiro atoms. The molecular weight excluding hydrogens is 200 g/mol. The first kappa shape index (κ1) is 9.68. The summed E-state index contributed by atoms with van der Waals surface area (Å²) in [4.78, 5) is 0.372. The Balaban J connectivity index is 2.33. The molecule has 0 atom stereocenters. The van der Waals surface area contributed by atoms with E-state index in [2.05, 4.69) is 0 Å². The molecule has 0 unspecified atom stereocenters. The Bertz CT molecular complexity index is 415. The first-order valence-electron chi connectivity index (χ1n) is 4.58. The van der Waals surface area contributed by atoms with Crippen molar-refractivity contribution >= 4 is 9.84 Å². The number of benzene rings is 1. The highest BCUT2D eigenvalue weighted by Crippen LogP contribution is 2.33. The van der Waals surface area contributed by atoms with Gasteiger partial charge in [0.2, 0.25) is 0 Å². The minimum absolute atomic E-state index is 0.0518. The maximum absolute atomic E-state index is 11.7. The van der Waals surface area contributed by atoms with Crippen LogP contribution in [-0.2, 0) is 16.4 Å². The van der Waals surface area contributed by atoms with Crippen molar-refractivity contribution in [3.63, 3.8) is 0 Å². The summed E-state index contributed by atoms with van der Waals surface area (Å²) >= 11 is 0. The van der Waals surface area contributed by atoms with Crippen LogP contribution in [0.25, 0.3) is 0 Å². The molecule has 14 heavy (non-hydrogen) atoms. The number of sulfone groups is 1. The van der Waals surface area contributed by atoms with Gasteiger partial charge in [-0.15, -0.1) is 0 Å². The molecule has 4 heteroatoms. The van der Waals surface area contributed by atoms with E-state index in [9.17, 15) is 8.42 Å². The zero-order valence-corrected chi connectivity index (χ0v) is 8.50. The van der Waals surface area contributed by atoms with Gasteiger partial charge in [0.15, 0.2) is 9.84 Å². The van der Waals surface area contributed by atoms with Crippen molar-refractivity contribution in [3.8, 4) is 0 Å². The summed E-state index contributed by atoms with van der Waals surface area (Å²) in [6.45, 7) is -0.0518. The van der Waals surface area contributed by atoms with E-state index < -0.39 is 9.84 Å². The molecule has 0 radical (unpaired) electrons. The maximum atomic E-state index is 11.7. The van der Waals surface area contributed by atoms with Crippen LogP contribution < -0.4 is 0 Å². The Kier molecular flexibility index (Phi) is 2.33. The summed E-state index contributed by atoms with van der Waals surface area (Å²) in [6.07, 6.45) is 1.56. The lowest BCUT2D eigenvalue weighted by molar-refractivity contribution is 0.282. The third-order valence-corrected chi connectivity index (χ3v) is 4.68. The lowest BCUT2D eigenvalue weighted by Gasteiger charge is -2.02. The molecule has 0 saturated heterocycles. The minimum atomic E-state index is -3.07. The minimum Gasteiger partial charge on any atom is -0.392 e. The largest absolute Gasteiger partial charge is 0.392 e. The van der Waals surface area contributed by atoms with Gasteiger partial charge in [0, 0.05) is 0 Å². The van der Waals surface area contributed by atoms with E-state index >= 15 is 0 Å². The molecule has 0 amide bonds. The smallest absolute Gasteiger partial charge is 0.181 e. The predicted octanol–water partition coefficient (Wildman–Crippen LogP) is 1.11. The number of rotatable bonds is 3. The fourth-order valence-corrected chi connectivity index (χ4v) is 3.01. The number of hydrogen-bond donors (Lipinski definition) is 1. The summed E-state index contributed by atoms with van der Waals surface area (Å²) in [6, 6.07) is 6.43. The lowest BCUT2D eigenvalue weighted by atomic mass is 10.2. The molecule has 1 aromatic carbocycles. The van der Waals surface area contributed by atoms with Gasteiger partial charge in [0.05, 0.1) is 16.8 Å². The van der Waals surface area contributed by atoms with Gasteiger partial charge >= 0.3 is 0 Å². The molecule has 1 aromatic rings. The van der Waals surface area contributed by atoms with Crippen molar-refractivity contribution in [1.82, 2.24) is 0 Å². The summed E-state index contributed by atoms with van der Waals surface area (Å²) in [5.74, 6) is 0. The van der Waals surface area contributed by atoms with Crippen molar-refractivity contribution in [1.29, 1.82) is 0 Å². The summed E-state index contributed by atoms with van der Waals surface area (Å²) in [7, 11) is -3.07. The Morgan fingerprint density at radius 3 is 2.21 bits per heavy atom. The second kappa shape index (κ2) is 3.37. The second-order valence-electron chi connectivity index (χ2n) is 3.55. The van der Waals surface area contributed by atoms with Gasteiger partial charge in [-0.25, -0.2) is 8.42 Å². The van der Waals surface area contributed by atoms with Crippen molar-refractivity contribution < 1.29 is 13.5 Å². The van der Waals surface area contributed by atoms with Crippen molar-refractivity contribution in [2.75, 3.05) is 0 Å². The molecule has 1 aliphatic carbocycles. The summed E-state index contributed by atoms with van der Waals surface area (Å²) < 4.78 is 23.5. The van der Waals surface area contributed by atoms with Crippen LogP contribution >= 0.6 is 0 Å². The third-order valence-electron chi connectivity index (χ3n) is 2.40. The zero-order valence-electron chi connectivity index (χ0n) is 7.68. The molecule has 0 aromatic heterocycles. The van der Waals surface area contributed by atoms with Gasteiger partial charge in [-0.3, -0.25) is 0 Å². The highest BCUT2D eigenvalue weighted by molar-refractivity contribution is 7.92. The summed E-state index contributed by atoms with van der Waals surface area (Å²) in [5, 5.41) is 8.64. The molecule has 0 aliphatic heterocycles. The van der Waals surface area contributed by atoms with Gasteiger partial charge in [0.1, 0.15) is 0 Å². The fraction of sp³-hybridized carbons (Fsp3) is 0.400. The van der Waals surface area contributed by atoms with Crippen LogP contribution in [0.2, 0.25) is 0 Å². The molecular formula is C10H12O3S. The average Bonchev–Trinajstić information content (AvgIpc) is 3.01. The van der Waals surface area contributed by atoms with Gasteiger partial charge in [-0.2, -0.15) is 0 Å². The molecule has 1 aliphatic rings. The fourth-order valence-electron chi connectivity index (χ4n) is 1.36. The van der Waals surface area contributed by atoms with E-state index in [1.165, 1.54) is 0 Å². The van der Waals surface area contributed by atoms with Crippen LogP contribution in [0.15, 0.2) is 29.2 Å². The van der Waals surface area contributed by atoms with Crippen LogP contribution in [-0.4, -0.2) is 18.8 Å². The van der Waals surface area contributed by atoms with E-state index in [0.29, 0.717) is 4.90 Å². The van der Waals surface area contributed by atoms with E-state index in [-0.39, 0.29) is 11.9 Å². The normalized spacial score (nSPS) is 16.9. The monoisotopic (exact) mass is 212 g/mol. The van der Waals surface area contributed by atoms with Gasteiger partial charge in [-0.1, -0.05) is 12.1 Å².